The lowest BCUT2D eigenvalue weighted by atomic mass is 9.88. The van der Waals surface area contributed by atoms with Crippen LogP contribution in [0.2, 0.25) is 0 Å². The highest BCUT2D eigenvalue weighted by atomic mass is 127. The van der Waals surface area contributed by atoms with E-state index in [4.69, 9.17) is 5.73 Å². The Labute approximate surface area is 86.5 Å². The summed E-state index contributed by atoms with van der Waals surface area (Å²) < 4.78 is 1.32. The summed E-state index contributed by atoms with van der Waals surface area (Å²) in [6.07, 6.45) is 3.60. The van der Waals surface area contributed by atoms with Crippen LogP contribution in [-0.4, -0.2) is 0 Å². The van der Waals surface area contributed by atoms with Gasteiger partial charge in [0.25, 0.3) is 0 Å². The fraction of sp³-hybridized carbons (Fsp3) is 0.400. The van der Waals surface area contributed by atoms with Gasteiger partial charge in [-0.3, -0.25) is 0 Å². The number of halogens is 1. The Hall–Kier alpha value is -0.0900. The van der Waals surface area contributed by atoms with E-state index in [0.29, 0.717) is 0 Å². The first kappa shape index (κ1) is 8.51. The maximum atomic E-state index is 5.99. The molecule has 1 aromatic carbocycles. The minimum Gasteiger partial charge on any atom is -0.324 e. The second-order valence-electron chi connectivity index (χ2n) is 3.34. The summed E-state index contributed by atoms with van der Waals surface area (Å²) in [4.78, 5) is 0. The van der Waals surface area contributed by atoms with Gasteiger partial charge in [0, 0.05) is 9.61 Å². The van der Waals surface area contributed by atoms with E-state index in [0.717, 1.165) is 6.42 Å². The fourth-order valence-corrected chi connectivity index (χ4v) is 2.38. The van der Waals surface area contributed by atoms with Gasteiger partial charge >= 0.3 is 0 Å². The zero-order chi connectivity index (χ0) is 8.55. The molecule has 0 spiro atoms. The van der Waals surface area contributed by atoms with E-state index in [1.54, 1.807) is 0 Å². The number of benzene rings is 1. The molecule has 0 amide bonds. The van der Waals surface area contributed by atoms with Crippen molar-refractivity contribution in [3.63, 3.8) is 0 Å². The van der Waals surface area contributed by atoms with E-state index >= 15 is 0 Å². The molecule has 2 heteroatoms. The Bertz CT molecular complexity index is 296. The van der Waals surface area contributed by atoms with Gasteiger partial charge in [0.05, 0.1) is 0 Å². The van der Waals surface area contributed by atoms with Crippen molar-refractivity contribution in [2.24, 2.45) is 5.73 Å². The van der Waals surface area contributed by atoms with Gasteiger partial charge in [-0.1, -0.05) is 6.07 Å². The molecule has 0 saturated heterocycles. The Kier molecular flexibility index (Phi) is 2.37. The van der Waals surface area contributed by atoms with E-state index in [-0.39, 0.29) is 6.04 Å². The van der Waals surface area contributed by atoms with Crippen LogP contribution < -0.4 is 5.73 Å². The van der Waals surface area contributed by atoms with E-state index in [1.165, 1.54) is 27.5 Å². The molecular weight excluding hydrogens is 261 g/mol. The third-order valence-electron chi connectivity index (χ3n) is 2.47. The molecule has 0 aromatic heterocycles. The average molecular weight is 273 g/mol. The van der Waals surface area contributed by atoms with Crippen LogP contribution in [0.1, 0.15) is 30.0 Å². The minimum absolute atomic E-state index is 0.283. The van der Waals surface area contributed by atoms with Crippen LogP contribution in [0.5, 0.6) is 0 Å². The van der Waals surface area contributed by atoms with Gasteiger partial charge in [-0.25, -0.2) is 0 Å². The topological polar surface area (TPSA) is 26.0 Å². The van der Waals surface area contributed by atoms with Crippen LogP contribution in [0.15, 0.2) is 18.2 Å². The predicted molar refractivity (Wildman–Crippen MR) is 59.0 cm³/mol. The normalized spacial score (nSPS) is 22.0. The number of aryl methyl sites for hydroxylation is 1. The second-order valence-corrected chi connectivity index (χ2v) is 4.59. The smallest absolute Gasteiger partial charge is 0.0297 e. The highest BCUT2D eigenvalue weighted by Crippen LogP contribution is 2.28. The van der Waals surface area contributed by atoms with Crippen molar-refractivity contribution in [2.75, 3.05) is 0 Å². The summed E-state index contributed by atoms with van der Waals surface area (Å²) in [7, 11) is 0. The van der Waals surface area contributed by atoms with Gasteiger partial charge in [-0.15, -0.1) is 0 Å². The molecule has 0 heterocycles. The van der Waals surface area contributed by atoms with Crippen molar-refractivity contribution >= 4 is 22.6 Å². The summed E-state index contributed by atoms with van der Waals surface area (Å²) in [5.41, 5.74) is 8.82. The van der Waals surface area contributed by atoms with E-state index in [9.17, 15) is 0 Å². The van der Waals surface area contributed by atoms with Crippen LogP contribution in [0.4, 0.5) is 0 Å². The number of hydrogen-bond acceptors (Lipinski definition) is 1. The summed E-state index contributed by atoms with van der Waals surface area (Å²) in [6, 6.07) is 6.87. The first-order valence-corrected chi connectivity index (χ1v) is 5.39. The Balaban J connectivity index is 2.46. The molecule has 1 nitrogen and oxygen atoms in total. The van der Waals surface area contributed by atoms with E-state index in [1.807, 2.05) is 0 Å². The summed E-state index contributed by atoms with van der Waals surface area (Å²) in [6.45, 7) is 0. The molecule has 0 aliphatic heterocycles. The van der Waals surface area contributed by atoms with Gasteiger partial charge in [0.1, 0.15) is 0 Å². The standard InChI is InChI=1S/C10H12IN/c11-8-4-5-9-7(6-8)2-1-3-10(9)12/h4-6,10H,1-3,12H2/t10-/m1/s1. The highest BCUT2D eigenvalue weighted by Gasteiger charge is 2.15. The number of nitrogens with two attached hydrogens (primary N) is 1. The van der Waals surface area contributed by atoms with Crippen molar-refractivity contribution in [1.82, 2.24) is 0 Å². The summed E-state index contributed by atoms with van der Waals surface area (Å²) in [5, 5.41) is 0. The molecule has 1 aliphatic rings. The van der Waals surface area contributed by atoms with Crippen molar-refractivity contribution in [3.8, 4) is 0 Å². The SMILES string of the molecule is N[C@@H]1CCCc2cc(I)ccc21. The fourth-order valence-electron chi connectivity index (χ4n) is 1.82. The zero-order valence-electron chi connectivity index (χ0n) is 6.89. The molecule has 2 rings (SSSR count). The third-order valence-corrected chi connectivity index (χ3v) is 3.14. The average Bonchev–Trinajstić information content (AvgIpc) is 2.04. The lowest BCUT2D eigenvalue weighted by Gasteiger charge is -2.21. The second kappa shape index (κ2) is 3.34. The maximum absolute atomic E-state index is 5.99. The molecule has 1 aromatic rings. The van der Waals surface area contributed by atoms with Crippen LogP contribution >= 0.6 is 22.6 Å². The largest absolute Gasteiger partial charge is 0.324 e. The molecule has 1 atom stereocenters. The molecular formula is C10H12IN. The van der Waals surface area contributed by atoms with Crippen LogP contribution in [0.25, 0.3) is 0 Å². The lowest BCUT2D eigenvalue weighted by molar-refractivity contribution is 0.570. The monoisotopic (exact) mass is 273 g/mol. The Morgan fingerprint density at radius 1 is 1.42 bits per heavy atom. The molecule has 0 bridgehead atoms. The van der Waals surface area contributed by atoms with Crippen molar-refractivity contribution in [1.29, 1.82) is 0 Å². The Morgan fingerprint density at radius 2 is 2.25 bits per heavy atom. The van der Waals surface area contributed by atoms with Crippen molar-refractivity contribution in [2.45, 2.75) is 25.3 Å². The zero-order valence-corrected chi connectivity index (χ0v) is 9.04. The molecule has 64 valence electrons. The van der Waals surface area contributed by atoms with Crippen molar-refractivity contribution < 1.29 is 0 Å². The predicted octanol–water partition coefficient (Wildman–Crippen LogP) is 2.63. The van der Waals surface area contributed by atoms with Gasteiger partial charge in [-0.2, -0.15) is 0 Å². The van der Waals surface area contributed by atoms with E-state index in [2.05, 4.69) is 40.8 Å². The molecule has 0 radical (unpaired) electrons. The van der Waals surface area contributed by atoms with Crippen molar-refractivity contribution in [3.05, 3.63) is 32.9 Å². The number of hydrogen-bond donors (Lipinski definition) is 1. The van der Waals surface area contributed by atoms with Crippen LogP contribution in [0, 0.1) is 3.57 Å². The van der Waals surface area contributed by atoms with Gasteiger partial charge in [-0.05, 0) is 65.1 Å². The third kappa shape index (κ3) is 1.50. The molecule has 12 heavy (non-hydrogen) atoms. The summed E-state index contributed by atoms with van der Waals surface area (Å²) in [5.74, 6) is 0. The maximum Gasteiger partial charge on any atom is 0.0297 e. The molecule has 2 N–H and O–H groups in total. The number of rotatable bonds is 0. The quantitative estimate of drug-likeness (QED) is 0.722. The van der Waals surface area contributed by atoms with Crippen LogP contribution in [0.3, 0.4) is 0 Å². The summed E-state index contributed by atoms with van der Waals surface area (Å²) >= 11 is 2.35. The van der Waals surface area contributed by atoms with Gasteiger partial charge in [0.15, 0.2) is 0 Å². The lowest BCUT2D eigenvalue weighted by Crippen LogP contribution is -2.17. The first-order valence-electron chi connectivity index (χ1n) is 4.31. The van der Waals surface area contributed by atoms with E-state index < -0.39 is 0 Å². The first-order chi connectivity index (χ1) is 5.77. The van der Waals surface area contributed by atoms with Gasteiger partial charge < -0.3 is 5.73 Å². The molecule has 1 aliphatic carbocycles. The molecule has 0 saturated carbocycles. The van der Waals surface area contributed by atoms with Gasteiger partial charge in [0.2, 0.25) is 0 Å². The Morgan fingerprint density at radius 3 is 3.08 bits per heavy atom. The molecule has 0 unspecified atom stereocenters. The highest BCUT2D eigenvalue weighted by molar-refractivity contribution is 14.1. The number of fused-ring (bicyclic) bond motifs is 1. The molecule has 0 fully saturated rings. The van der Waals surface area contributed by atoms with Crippen LogP contribution in [-0.2, 0) is 6.42 Å². The minimum atomic E-state index is 0.283.